The van der Waals surface area contributed by atoms with Gasteiger partial charge in [0.2, 0.25) is 0 Å². The number of pyridine rings is 1. The average Bonchev–Trinajstić information content (AvgIpc) is 3.36. The maximum Gasteiger partial charge on any atom is 0.0534 e. The van der Waals surface area contributed by atoms with E-state index >= 15 is 0 Å². The number of nitrogens with zero attached hydrogens (tertiary/aromatic N) is 4. The van der Waals surface area contributed by atoms with Gasteiger partial charge in [-0.2, -0.15) is 5.10 Å². The van der Waals surface area contributed by atoms with Crippen LogP contribution in [-0.4, -0.2) is 37.7 Å². The lowest BCUT2D eigenvalue weighted by atomic mass is 9.87. The largest absolute Gasteiger partial charge is 0.354 e. The third-order valence-electron chi connectivity index (χ3n) is 7.03. The number of rotatable bonds is 5. The van der Waals surface area contributed by atoms with Gasteiger partial charge >= 0.3 is 0 Å². The summed E-state index contributed by atoms with van der Waals surface area (Å²) in [4.78, 5) is 10.9. The molecule has 0 radical (unpaired) electrons. The SMILES string of the molecule is Cc1cc(-c2[nH]c3ccc(C4CCN(Cc5cnn(C)c5)CC4)cc3c2C(C)C)cc(C)n1. The van der Waals surface area contributed by atoms with Gasteiger partial charge in [0.05, 0.1) is 11.9 Å². The Kier molecular flexibility index (Phi) is 5.83. The lowest BCUT2D eigenvalue weighted by molar-refractivity contribution is 0.204. The van der Waals surface area contributed by atoms with Gasteiger partial charge in [0.1, 0.15) is 0 Å². The van der Waals surface area contributed by atoms with E-state index in [1.54, 1.807) is 0 Å². The normalized spacial score (nSPS) is 15.7. The lowest BCUT2D eigenvalue weighted by Crippen LogP contribution is -2.32. The average molecular weight is 442 g/mol. The van der Waals surface area contributed by atoms with Crippen molar-refractivity contribution in [3.63, 3.8) is 0 Å². The summed E-state index contributed by atoms with van der Waals surface area (Å²) in [6.45, 7) is 12.0. The fourth-order valence-electron chi connectivity index (χ4n) is 5.53. The van der Waals surface area contributed by atoms with Crippen molar-refractivity contribution in [2.75, 3.05) is 13.1 Å². The summed E-state index contributed by atoms with van der Waals surface area (Å²) in [6.07, 6.45) is 6.54. The lowest BCUT2D eigenvalue weighted by Gasteiger charge is -2.32. The molecule has 0 bridgehead atoms. The van der Waals surface area contributed by atoms with Crippen LogP contribution in [0.5, 0.6) is 0 Å². The van der Waals surface area contributed by atoms with E-state index in [1.165, 1.54) is 51.7 Å². The summed E-state index contributed by atoms with van der Waals surface area (Å²) in [5.41, 5.74) is 10.1. The number of aromatic nitrogens is 4. The minimum atomic E-state index is 0.444. The monoisotopic (exact) mass is 441 g/mol. The Morgan fingerprint density at radius 1 is 1.06 bits per heavy atom. The summed E-state index contributed by atoms with van der Waals surface area (Å²) < 4.78 is 1.89. The zero-order valence-corrected chi connectivity index (χ0v) is 20.5. The molecule has 0 amide bonds. The van der Waals surface area contributed by atoms with E-state index in [1.807, 2.05) is 17.9 Å². The van der Waals surface area contributed by atoms with Crippen LogP contribution < -0.4 is 0 Å². The topological polar surface area (TPSA) is 49.7 Å². The summed E-state index contributed by atoms with van der Waals surface area (Å²) in [5.74, 6) is 1.07. The predicted octanol–water partition coefficient (Wildman–Crippen LogP) is 6.08. The van der Waals surface area contributed by atoms with Crippen molar-refractivity contribution in [3.8, 4) is 11.3 Å². The Morgan fingerprint density at radius 2 is 1.79 bits per heavy atom. The molecule has 5 rings (SSSR count). The van der Waals surface area contributed by atoms with Gasteiger partial charge in [-0.3, -0.25) is 14.6 Å². The molecule has 1 saturated heterocycles. The van der Waals surface area contributed by atoms with Gasteiger partial charge < -0.3 is 4.98 Å². The molecule has 1 N–H and O–H groups in total. The molecule has 4 heterocycles. The van der Waals surface area contributed by atoms with Gasteiger partial charge in [-0.1, -0.05) is 19.9 Å². The van der Waals surface area contributed by atoms with E-state index < -0.39 is 0 Å². The van der Waals surface area contributed by atoms with Crippen molar-refractivity contribution in [2.45, 2.75) is 58.9 Å². The van der Waals surface area contributed by atoms with Gasteiger partial charge in [-0.25, -0.2) is 0 Å². The van der Waals surface area contributed by atoms with Crippen LogP contribution in [0.4, 0.5) is 0 Å². The molecule has 0 saturated carbocycles. The van der Waals surface area contributed by atoms with Crippen molar-refractivity contribution in [1.82, 2.24) is 24.6 Å². The van der Waals surface area contributed by atoms with Gasteiger partial charge in [0, 0.05) is 53.2 Å². The summed E-state index contributed by atoms with van der Waals surface area (Å²) in [5, 5.41) is 5.69. The van der Waals surface area contributed by atoms with Crippen LogP contribution in [0.3, 0.4) is 0 Å². The fraction of sp³-hybridized carbons (Fsp3) is 0.429. The van der Waals surface area contributed by atoms with E-state index in [9.17, 15) is 0 Å². The number of hydrogen-bond acceptors (Lipinski definition) is 3. The number of hydrogen-bond donors (Lipinski definition) is 1. The Balaban J connectivity index is 1.41. The van der Waals surface area contributed by atoms with Crippen molar-refractivity contribution in [3.05, 3.63) is 70.8 Å². The summed E-state index contributed by atoms with van der Waals surface area (Å²) in [6, 6.07) is 11.5. The van der Waals surface area contributed by atoms with E-state index in [0.29, 0.717) is 11.8 Å². The van der Waals surface area contributed by atoms with Crippen LogP contribution in [-0.2, 0) is 13.6 Å². The second-order valence-electron chi connectivity index (χ2n) is 10.1. The van der Waals surface area contributed by atoms with Crippen LogP contribution >= 0.6 is 0 Å². The molecule has 4 aromatic rings. The van der Waals surface area contributed by atoms with Crippen LogP contribution in [0, 0.1) is 13.8 Å². The number of H-pyrrole nitrogens is 1. The van der Waals surface area contributed by atoms with Crippen molar-refractivity contribution in [2.24, 2.45) is 7.05 Å². The molecule has 172 valence electrons. The van der Waals surface area contributed by atoms with E-state index in [4.69, 9.17) is 0 Å². The van der Waals surface area contributed by atoms with Crippen molar-refractivity contribution in [1.29, 1.82) is 0 Å². The number of aromatic amines is 1. The molecule has 0 atom stereocenters. The number of fused-ring (bicyclic) bond motifs is 1. The molecule has 1 aliphatic heterocycles. The number of aryl methyl sites for hydroxylation is 3. The maximum atomic E-state index is 4.57. The smallest absolute Gasteiger partial charge is 0.0534 e. The second-order valence-corrected chi connectivity index (χ2v) is 10.1. The standard InChI is InChI=1S/C28H35N5/c1-18(2)27-25-14-23(22-8-10-33(11-9-22)17-21-15-29-32(5)16-21)6-7-26(25)31-28(27)24-12-19(3)30-20(4)13-24/h6-7,12-16,18,22,31H,8-11,17H2,1-5H3. The van der Waals surface area contributed by atoms with Gasteiger partial charge in [0.15, 0.2) is 0 Å². The first kappa shape index (κ1) is 21.9. The number of likely N-dealkylation sites (tertiary alicyclic amines) is 1. The molecule has 5 heteroatoms. The highest BCUT2D eigenvalue weighted by molar-refractivity contribution is 5.92. The van der Waals surface area contributed by atoms with Crippen LogP contribution in [0.1, 0.15) is 66.6 Å². The Morgan fingerprint density at radius 3 is 2.42 bits per heavy atom. The molecule has 0 aliphatic carbocycles. The van der Waals surface area contributed by atoms with Gasteiger partial charge in [-0.15, -0.1) is 0 Å². The number of piperidine rings is 1. The predicted molar refractivity (Wildman–Crippen MR) is 136 cm³/mol. The van der Waals surface area contributed by atoms with Crippen LogP contribution in [0.15, 0.2) is 42.7 Å². The van der Waals surface area contributed by atoms with Crippen molar-refractivity contribution >= 4 is 10.9 Å². The zero-order valence-electron chi connectivity index (χ0n) is 20.5. The van der Waals surface area contributed by atoms with E-state index in [-0.39, 0.29) is 0 Å². The highest BCUT2D eigenvalue weighted by atomic mass is 15.2. The molecular formula is C28H35N5. The molecule has 5 nitrogen and oxygen atoms in total. The third kappa shape index (κ3) is 4.47. The molecule has 1 aromatic carbocycles. The van der Waals surface area contributed by atoms with Gasteiger partial charge in [-0.05, 0) is 87.0 Å². The molecule has 3 aromatic heterocycles. The Hall–Kier alpha value is -2.92. The molecular weight excluding hydrogens is 406 g/mol. The minimum Gasteiger partial charge on any atom is -0.354 e. The highest BCUT2D eigenvalue weighted by Gasteiger charge is 2.23. The first-order valence-corrected chi connectivity index (χ1v) is 12.2. The zero-order chi connectivity index (χ0) is 23.1. The molecule has 1 fully saturated rings. The quantitative estimate of drug-likeness (QED) is 0.408. The summed E-state index contributed by atoms with van der Waals surface area (Å²) >= 11 is 0. The molecule has 33 heavy (non-hydrogen) atoms. The van der Waals surface area contributed by atoms with Crippen LogP contribution in [0.2, 0.25) is 0 Å². The third-order valence-corrected chi connectivity index (χ3v) is 7.03. The van der Waals surface area contributed by atoms with Crippen molar-refractivity contribution < 1.29 is 0 Å². The number of nitrogens with one attached hydrogen (secondary N) is 1. The molecule has 0 unspecified atom stereocenters. The number of benzene rings is 1. The van der Waals surface area contributed by atoms with Crippen LogP contribution in [0.25, 0.3) is 22.2 Å². The summed E-state index contributed by atoms with van der Waals surface area (Å²) in [7, 11) is 1.99. The Labute approximate surface area is 196 Å². The van der Waals surface area contributed by atoms with Gasteiger partial charge in [0.25, 0.3) is 0 Å². The molecule has 1 aliphatic rings. The van der Waals surface area contributed by atoms with E-state index in [0.717, 1.165) is 31.0 Å². The first-order chi connectivity index (χ1) is 15.9. The fourth-order valence-corrected chi connectivity index (χ4v) is 5.53. The molecule has 0 spiro atoms. The first-order valence-electron chi connectivity index (χ1n) is 12.2. The highest BCUT2D eigenvalue weighted by Crippen LogP contribution is 2.38. The maximum absolute atomic E-state index is 4.57. The minimum absolute atomic E-state index is 0.444. The second kappa shape index (κ2) is 8.79. The Bertz CT molecular complexity index is 1250. The van der Waals surface area contributed by atoms with E-state index in [2.05, 4.69) is 84.2 Å².